The number of rotatable bonds is 6. The van der Waals surface area contributed by atoms with Gasteiger partial charge in [0, 0.05) is 12.3 Å². The van der Waals surface area contributed by atoms with Crippen molar-refractivity contribution < 1.29 is 26.9 Å². The number of hydrogen-bond acceptors (Lipinski definition) is 6. The third-order valence-electron chi connectivity index (χ3n) is 5.27. The molecule has 2 aliphatic heterocycles. The summed E-state index contributed by atoms with van der Waals surface area (Å²) in [5.41, 5.74) is 1.59. The second kappa shape index (κ2) is 6.70. The van der Waals surface area contributed by atoms with Gasteiger partial charge in [-0.3, -0.25) is 8.98 Å². The van der Waals surface area contributed by atoms with Crippen LogP contribution in [0, 0.1) is 5.41 Å². The molecule has 7 heteroatoms. The molecule has 0 spiro atoms. The fraction of sp³-hybridized carbons (Fsp3) is 0.611. The van der Waals surface area contributed by atoms with Gasteiger partial charge in [0.25, 0.3) is 10.1 Å². The van der Waals surface area contributed by atoms with Crippen molar-refractivity contribution in [3.8, 4) is 0 Å². The van der Waals surface area contributed by atoms with E-state index in [1.54, 1.807) is 0 Å². The van der Waals surface area contributed by atoms with E-state index in [2.05, 4.69) is 0 Å². The second-order valence-corrected chi connectivity index (χ2v) is 8.87. The fourth-order valence-electron chi connectivity index (χ4n) is 3.66. The number of carbonyl (C=O) groups is 1. The summed E-state index contributed by atoms with van der Waals surface area (Å²) in [4.78, 5) is 11.1. The number of ether oxygens (including phenoxy) is 2. The fourth-order valence-corrected chi connectivity index (χ4v) is 4.01. The van der Waals surface area contributed by atoms with Crippen molar-refractivity contribution in [2.75, 3.05) is 19.5 Å². The second-order valence-electron chi connectivity index (χ2n) is 7.23. The molecule has 2 saturated heterocycles. The minimum atomic E-state index is -3.44. The first kappa shape index (κ1) is 18.4. The average Bonchev–Trinajstić information content (AvgIpc) is 2.60. The third kappa shape index (κ3) is 4.22. The Hall–Kier alpha value is -1.44. The van der Waals surface area contributed by atoms with E-state index in [9.17, 15) is 13.2 Å². The van der Waals surface area contributed by atoms with Gasteiger partial charge in [-0.25, -0.2) is 0 Å². The quantitative estimate of drug-likeness (QED) is 0.567. The van der Waals surface area contributed by atoms with Crippen molar-refractivity contribution in [2.45, 2.75) is 44.8 Å². The normalized spacial score (nSPS) is 28.7. The molecule has 0 aromatic heterocycles. The van der Waals surface area contributed by atoms with Gasteiger partial charge in [-0.1, -0.05) is 24.3 Å². The summed E-state index contributed by atoms with van der Waals surface area (Å²) >= 11 is 0. The van der Waals surface area contributed by atoms with Crippen molar-refractivity contribution >= 4 is 16.1 Å². The zero-order valence-electron chi connectivity index (χ0n) is 14.6. The number of fused-ring (bicyclic) bond motifs is 3. The van der Waals surface area contributed by atoms with Crippen LogP contribution in [-0.2, 0) is 40.8 Å². The maximum absolute atomic E-state index is 11.1. The van der Waals surface area contributed by atoms with Crippen LogP contribution in [0.4, 0.5) is 0 Å². The monoisotopic (exact) mass is 368 g/mol. The van der Waals surface area contributed by atoms with Crippen LogP contribution in [0.15, 0.2) is 24.3 Å². The van der Waals surface area contributed by atoms with E-state index in [-0.39, 0.29) is 23.6 Å². The van der Waals surface area contributed by atoms with E-state index in [0.29, 0.717) is 13.2 Å². The van der Waals surface area contributed by atoms with Crippen LogP contribution in [0.5, 0.6) is 0 Å². The van der Waals surface area contributed by atoms with Crippen LogP contribution in [0.25, 0.3) is 0 Å². The third-order valence-corrected chi connectivity index (χ3v) is 5.82. The highest BCUT2D eigenvalue weighted by molar-refractivity contribution is 7.85. The molecular formula is C18H24O6S. The molecule has 2 bridgehead atoms. The Morgan fingerprint density at radius 2 is 1.80 bits per heavy atom. The van der Waals surface area contributed by atoms with Crippen LogP contribution in [0.1, 0.15) is 43.7 Å². The van der Waals surface area contributed by atoms with Crippen LogP contribution in [0.3, 0.4) is 0 Å². The molecule has 3 aliphatic rings. The summed E-state index contributed by atoms with van der Waals surface area (Å²) in [6.45, 7) is 2.50. The lowest BCUT2D eigenvalue weighted by molar-refractivity contribution is -0.205. The van der Waals surface area contributed by atoms with Crippen molar-refractivity contribution in [1.82, 2.24) is 0 Å². The van der Waals surface area contributed by atoms with Gasteiger partial charge in [-0.15, -0.1) is 0 Å². The van der Waals surface area contributed by atoms with E-state index in [1.807, 2.05) is 24.3 Å². The minimum Gasteiger partial charge on any atom is -0.465 e. The standard InChI is InChI=1S/C18H24O6S/c1-14(19)22-12-17-7-9-18(10-8-17,23-13-17)16-5-3-15(4-6-16)11-24-25(2,20)21/h3-6H,7-13H2,1-2H3. The minimum absolute atomic E-state index is 0.0401. The summed E-state index contributed by atoms with van der Waals surface area (Å²) in [6, 6.07) is 7.75. The van der Waals surface area contributed by atoms with E-state index in [1.165, 1.54) is 6.92 Å². The molecule has 0 amide bonds. The van der Waals surface area contributed by atoms with Gasteiger partial charge in [0.2, 0.25) is 0 Å². The lowest BCUT2D eigenvalue weighted by Crippen LogP contribution is -2.51. The van der Waals surface area contributed by atoms with Crippen LogP contribution >= 0.6 is 0 Å². The van der Waals surface area contributed by atoms with Gasteiger partial charge in [0.1, 0.15) is 0 Å². The number of carbonyl (C=O) groups excluding carboxylic acids is 1. The molecule has 138 valence electrons. The Labute approximate surface area is 148 Å². The molecule has 4 rings (SSSR count). The largest absolute Gasteiger partial charge is 0.465 e. The molecular weight excluding hydrogens is 344 g/mol. The Balaban J connectivity index is 1.65. The first-order valence-electron chi connectivity index (χ1n) is 8.43. The summed E-state index contributed by atoms with van der Waals surface area (Å²) < 4.78 is 38.4. The van der Waals surface area contributed by atoms with E-state index in [0.717, 1.165) is 43.1 Å². The van der Waals surface area contributed by atoms with Crippen LogP contribution < -0.4 is 0 Å². The summed E-state index contributed by atoms with van der Waals surface area (Å²) in [5.74, 6) is -0.247. The van der Waals surface area contributed by atoms with E-state index >= 15 is 0 Å². The summed E-state index contributed by atoms with van der Waals surface area (Å²) in [5, 5.41) is 0. The van der Waals surface area contributed by atoms with Gasteiger partial charge in [-0.05, 0) is 36.8 Å². The van der Waals surface area contributed by atoms with Crippen LogP contribution in [0.2, 0.25) is 0 Å². The molecule has 25 heavy (non-hydrogen) atoms. The highest BCUT2D eigenvalue weighted by Gasteiger charge is 2.51. The Morgan fingerprint density at radius 1 is 1.16 bits per heavy atom. The predicted molar refractivity (Wildman–Crippen MR) is 91.2 cm³/mol. The SMILES string of the molecule is CC(=O)OCC12CCC(c3ccc(COS(C)(=O)=O)cc3)(CC1)OC2. The van der Waals surface area contributed by atoms with E-state index < -0.39 is 10.1 Å². The van der Waals surface area contributed by atoms with Crippen molar-refractivity contribution in [3.05, 3.63) is 35.4 Å². The zero-order valence-corrected chi connectivity index (χ0v) is 15.4. The van der Waals surface area contributed by atoms with Gasteiger partial charge in [-0.2, -0.15) is 8.42 Å². The van der Waals surface area contributed by atoms with Crippen molar-refractivity contribution in [2.24, 2.45) is 5.41 Å². The molecule has 1 aromatic carbocycles. The van der Waals surface area contributed by atoms with Crippen LogP contribution in [-0.4, -0.2) is 33.9 Å². The molecule has 1 saturated carbocycles. The lowest BCUT2D eigenvalue weighted by atomic mass is 9.64. The van der Waals surface area contributed by atoms with Gasteiger partial charge < -0.3 is 9.47 Å². The Morgan fingerprint density at radius 3 is 2.28 bits per heavy atom. The topological polar surface area (TPSA) is 78.9 Å². The van der Waals surface area contributed by atoms with Gasteiger partial charge in [0.05, 0.1) is 31.7 Å². The average molecular weight is 368 g/mol. The zero-order chi connectivity index (χ0) is 18.1. The van der Waals surface area contributed by atoms with E-state index in [4.69, 9.17) is 13.7 Å². The molecule has 1 aromatic rings. The smallest absolute Gasteiger partial charge is 0.302 e. The molecule has 6 nitrogen and oxygen atoms in total. The highest BCUT2D eigenvalue weighted by atomic mass is 32.2. The maximum Gasteiger partial charge on any atom is 0.302 e. The Bertz CT molecular complexity index is 713. The first-order valence-corrected chi connectivity index (χ1v) is 10.2. The number of esters is 1. The Kier molecular flexibility index (Phi) is 4.92. The summed E-state index contributed by atoms with van der Waals surface area (Å²) in [7, 11) is -3.44. The maximum atomic E-state index is 11.1. The summed E-state index contributed by atoms with van der Waals surface area (Å²) in [6.07, 6.45) is 4.78. The van der Waals surface area contributed by atoms with Crippen molar-refractivity contribution in [3.63, 3.8) is 0 Å². The van der Waals surface area contributed by atoms with Gasteiger partial charge >= 0.3 is 5.97 Å². The molecule has 1 aliphatic carbocycles. The van der Waals surface area contributed by atoms with Crippen molar-refractivity contribution in [1.29, 1.82) is 0 Å². The number of benzene rings is 1. The molecule has 0 N–H and O–H groups in total. The first-order chi connectivity index (χ1) is 11.7. The molecule has 0 unspecified atom stereocenters. The molecule has 0 radical (unpaired) electrons. The highest BCUT2D eigenvalue weighted by Crippen LogP contribution is 2.53. The van der Waals surface area contributed by atoms with Gasteiger partial charge in [0.15, 0.2) is 0 Å². The number of hydrogen-bond donors (Lipinski definition) is 0. The molecule has 3 fully saturated rings. The predicted octanol–water partition coefficient (Wildman–Crippen LogP) is 2.51. The lowest BCUT2D eigenvalue weighted by Gasteiger charge is -2.53. The molecule has 2 heterocycles. The molecule has 0 atom stereocenters.